The third kappa shape index (κ3) is 3.30. The lowest BCUT2D eigenvalue weighted by Gasteiger charge is -2.27. The van der Waals surface area contributed by atoms with Crippen molar-refractivity contribution in [3.8, 4) is 0 Å². The van der Waals surface area contributed by atoms with Gasteiger partial charge < -0.3 is 9.72 Å². The molecule has 1 N–H and O–H groups in total. The predicted molar refractivity (Wildman–Crippen MR) is 86.6 cm³/mol. The van der Waals surface area contributed by atoms with E-state index in [9.17, 15) is 0 Å². The van der Waals surface area contributed by atoms with Gasteiger partial charge in [0, 0.05) is 30.2 Å². The Balaban J connectivity index is 1.57. The molecule has 0 atom stereocenters. The number of imidazole rings is 1. The van der Waals surface area contributed by atoms with Gasteiger partial charge in [0.05, 0.1) is 10.7 Å². The number of pyridine rings is 1. The summed E-state index contributed by atoms with van der Waals surface area (Å²) in [6.45, 7) is 0.841. The summed E-state index contributed by atoms with van der Waals surface area (Å²) < 4.78 is 1.99. The summed E-state index contributed by atoms with van der Waals surface area (Å²) in [6.07, 6.45) is 11.4. The summed E-state index contributed by atoms with van der Waals surface area (Å²) >= 11 is 8.00. The number of hydrogen-bond acceptors (Lipinski definition) is 3. The van der Waals surface area contributed by atoms with Gasteiger partial charge in [0.15, 0.2) is 0 Å². The molecule has 0 amide bonds. The monoisotopic (exact) mass is 309 g/mol. The molecule has 3 nitrogen and oxygen atoms in total. The first-order valence-electron chi connectivity index (χ1n) is 7.14. The van der Waals surface area contributed by atoms with Crippen molar-refractivity contribution in [1.82, 2.24) is 14.7 Å². The molecule has 5 heteroatoms. The molecule has 1 saturated carbocycles. The number of aromatic nitrogens is 2. The Hall–Kier alpha value is -0.710. The predicted octanol–water partition coefficient (Wildman–Crippen LogP) is 3.75. The summed E-state index contributed by atoms with van der Waals surface area (Å²) in [5.74, 6) is 0. The Bertz CT molecular complexity index is 576. The minimum atomic E-state index is 0.645. The Labute approximate surface area is 129 Å². The van der Waals surface area contributed by atoms with Crippen molar-refractivity contribution in [3.05, 3.63) is 35.2 Å². The molecule has 2 aromatic rings. The van der Waals surface area contributed by atoms with Gasteiger partial charge in [0.2, 0.25) is 0 Å². The molecule has 1 fully saturated rings. The zero-order chi connectivity index (χ0) is 13.9. The summed E-state index contributed by atoms with van der Waals surface area (Å²) in [5.41, 5.74) is 2.04. The fourth-order valence-corrected chi connectivity index (χ4v) is 3.77. The van der Waals surface area contributed by atoms with E-state index in [4.69, 9.17) is 11.6 Å². The van der Waals surface area contributed by atoms with Crippen LogP contribution in [0.1, 0.15) is 31.4 Å². The molecule has 0 aliphatic heterocycles. The first-order valence-corrected chi connectivity index (χ1v) is 8.80. The van der Waals surface area contributed by atoms with Crippen molar-refractivity contribution in [2.75, 3.05) is 6.26 Å². The second-order valence-electron chi connectivity index (χ2n) is 5.44. The van der Waals surface area contributed by atoms with E-state index in [0.29, 0.717) is 6.04 Å². The van der Waals surface area contributed by atoms with Crippen LogP contribution in [0.2, 0.25) is 5.02 Å². The van der Waals surface area contributed by atoms with E-state index in [1.807, 2.05) is 34.5 Å². The Morgan fingerprint density at radius 2 is 2.10 bits per heavy atom. The molecule has 0 radical (unpaired) electrons. The maximum atomic E-state index is 5.99. The topological polar surface area (TPSA) is 29.3 Å². The van der Waals surface area contributed by atoms with Gasteiger partial charge in [0.25, 0.3) is 0 Å². The molecule has 0 saturated heterocycles. The van der Waals surface area contributed by atoms with Gasteiger partial charge in [-0.2, -0.15) is 11.8 Å². The van der Waals surface area contributed by atoms with Gasteiger partial charge >= 0.3 is 0 Å². The number of nitrogens with zero attached hydrogens (tertiary/aromatic N) is 2. The van der Waals surface area contributed by atoms with Crippen LogP contribution in [0.25, 0.3) is 5.65 Å². The lowest BCUT2D eigenvalue weighted by molar-refractivity contribution is 0.377. The summed E-state index contributed by atoms with van der Waals surface area (Å²) in [6, 6.07) is 4.48. The van der Waals surface area contributed by atoms with Crippen LogP contribution in [0.5, 0.6) is 0 Å². The molecular weight excluding hydrogens is 290 g/mol. The standard InChI is InChI=1S/C15H20ClN3S/c1-20-14-5-3-12(4-6-14)17-8-13-10-19-9-11(16)2-7-15(19)18-13/h2,7,9-10,12,14,17H,3-6,8H2,1H3. The third-order valence-electron chi connectivity index (χ3n) is 4.04. The van der Waals surface area contributed by atoms with Crippen molar-refractivity contribution in [2.45, 2.75) is 43.5 Å². The molecule has 0 unspecified atom stereocenters. The molecule has 0 spiro atoms. The molecule has 0 bridgehead atoms. The fraction of sp³-hybridized carbons (Fsp3) is 0.533. The van der Waals surface area contributed by atoms with E-state index in [-0.39, 0.29) is 0 Å². The maximum Gasteiger partial charge on any atom is 0.137 e. The lowest BCUT2D eigenvalue weighted by atomic mass is 9.95. The summed E-state index contributed by atoms with van der Waals surface area (Å²) in [5, 5.41) is 5.25. The summed E-state index contributed by atoms with van der Waals surface area (Å²) in [7, 11) is 0. The average molecular weight is 310 g/mol. The van der Waals surface area contributed by atoms with Crippen molar-refractivity contribution >= 4 is 29.0 Å². The first kappa shape index (κ1) is 14.2. The normalized spacial score (nSPS) is 23.3. The zero-order valence-electron chi connectivity index (χ0n) is 11.7. The molecule has 108 valence electrons. The molecule has 2 aromatic heterocycles. The van der Waals surface area contributed by atoms with Gasteiger partial charge in [-0.25, -0.2) is 4.98 Å². The van der Waals surface area contributed by atoms with E-state index < -0.39 is 0 Å². The zero-order valence-corrected chi connectivity index (χ0v) is 13.3. The quantitative estimate of drug-likeness (QED) is 0.932. The van der Waals surface area contributed by atoms with Crippen LogP contribution in [-0.2, 0) is 6.54 Å². The number of halogens is 1. The van der Waals surface area contributed by atoms with Crippen molar-refractivity contribution in [2.24, 2.45) is 0 Å². The van der Waals surface area contributed by atoms with Crippen molar-refractivity contribution in [3.63, 3.8) is 0 Å². The van der Waals surface area contributed by atoms with Crippen LogP contribution < -0.4 is 5.32 Å². The molecule has 1 aliphatic rings. The number of thioether (sulfide) groups is 1. The van der Waals surface area contributed by atoms with E-state index in [0.717, 1.165) is 28.2 Å². The minimum Gasteiger partial charge on any atom is -0.308 e. The van der Waals surface area contributed by atoms with Crippen LogP contribution in [0, 0.1) is 0 Å². The van der Waals surface area contributed by atoms with Gasteiger partial charge in [-0.15, -0.1) is 0 Å². The van der Waals surface area contributed by atoms with Gasteiger partial charge in [-0.1, -0.05) is 11.6 Å². The largest absolute Gasteiger partial charge is 0.308 e. The Morgan fingerprint density at radius 1 is 1.30 bits per heavy atom. The van der Waals surface area contributed by atoms with Crippen molar-refractivity contribution < 1.29 is 0 Å². The van der Waals surface area contributed by atoms with E-state index in [2.05, 4.69) is 22.8 Å². The molecule has 2 heterocycles. The van der Waals surface area contributed by atoms with E-state index >= 15 is 0 Å². The van der Waals surface area contributed by atoms with Crippen LogP contribution in [0.4, 0.5) is 0 Å². The highest BCUT2D eigenvalue weighted by Crippen LogP contribution is 2.26. The molecule has 3 rings (SSSR count). The van der Waals surface area contributed by atoms with Gasteiger partial charge in [-0.05, 0) is 44.1 Å². The minimum absolute atomic E-state index is 0.645. The van der Waals surface area contributed by atoms with Crippen LogP contribution >= 0.6 is 23.4 Å². The fourth-order valence-electron chi connectivity index (χ4n) is 2.85. The van der Waals surface area contributed by atoms with Gasteiger partial charge in [0.1, 0.15) is 5.65 Å². The molecule has 1 aliphatic carbocycles. The van der Waals surface area contributed by atoms with Crippen LogP contribution in [-0.4, -0.2) is 26.9 Å². The molecule has 0 aromatic carbocycles. The second-order valence-corrected chi connectivity index (χ2v) is 7.01. The first-order chi connectivity index (χ1) is 9.74. The maximum absolute atomic E-state index is 5.99. The Morgan fingerprint density at radius 3 is 2.85 bits per heavy atom. The third-order valence-corrected chi connectivity index (χ3v) is 5.41. The van der Waals surface area contributed by atoms with E-state index in [1.54, 1.807) is 0 Å². The number of rotatable bonds is 4. The number of nitrogens with one attached hydrogen (secondary N) is 1. The summed E-state index contributed by atoms with van der Waals surface area (Å²) in [4.78, 5) is 4.61. The second kappa shape index (κ2) is 6.37. The number of hydrogen-bond donors (Lipinski definition) is 1. The van der Waals surface area contributed by atoms with Gasteiger partial charge in [-0.3, -0.25) is 0 Å². The average Bonchev–Trinajstić information content (AvgIpc) is 2.87. The SMILES string of the molecule is CSC1CCC(NCc2cn3cc(Cl)ccc3n2)CC1. The highest BCUT2D eigenvalue weighted by atomic mass is 35.5. The molecule has 20 heavy (non-hydrogen) atoms. The highest BCUT2D eigenvalue weighted by Gasteiger charge is 2.20. The van der Waals surface area contributed by atoms with Crippen LogP contribution in [0.15, 0.2) is 24.5 Å². The Kier molecular flexibility index (Phi) is 4.54. The smallest absolute Gasteiger partial charge is 0.137 e. The number of fused-ring (bicyclic) bond motifs is 1. The molecular formula is C15H20ClN3S. The highest BCUT2D eigenvalue weighted by molar-refractivity contribution is 7.99. The van der Waals surface area contributed by atoms with Crippen LogP contribution in [0.3, 0.4) is 0 Å². The van der Waals surface area contributed by atoms with E-state index in [1.165, 1.54) is 25.7 Å². The lowest BCUT2D eigenvalue weighted by Crippen LogP contribution is -2.33. The van der Waals surface area contributed by atoms with Crippen molar-refractivity contribution in [1.29, 1.82) is 0 Å².